The number of carbonyl (C=O) groups is 1. The molecule has 0 spiro atoms. The molecule has 2 heterocycles. The molecular formula is C20H25NOS2. The van der Waals surface area contributed by atoms with Crippen molar-refractivity contribution in [2.45, 2.75) is 66.2 Å². The number of nitrogens with one attached hydrogen (secondary N) is 1. The summed E-state index contributed by atoms with van der Waals surface area (Å²) in [5.41, 5.74) is 2.02. The molecule has 1 aromatic carbocycles. The zero-order valence-corrected chi connectivity index (χ0v) is 16.1. The van der Waals surface area contributed by atoms with Crippen molar-refractivity contribution in [3.63, 3.8) is 0 Å². The lowest BCUT2D eigenvalue weighted by Gasteiger charge is -2.26. The Hall–Kier alpha value is -1.13. The second-order valence-electron chi connectivity index (χ2n) is 6.34. The maximum Gasteiger partial charge on any atom is 0.179 e. The maximum absolute atomic E-state index is 12.3. The van der Waals surface area contributed by atoms with E-state index >= 15 is 0 Å². The van der Waals surface area contributed by atoms with Crippen LogP contribution in [0.2, 0.25) is 0 Å². The first-order valence-corrected chi connectivity index (χ1v) is 10.5. The summed E-state index contributed by atoms with van der Waals surface area (Å²) >= 11 is 3.90. The van der Waals surface area contributed by atoms with E-state index in [0.717, 1.165) is 25.0 Å². The number of ketones is 1. The maximum atomic E-state index is 12.3. The van der Waals surface area contributed by atoms with Crippen LogP contribution in [0.3, 0.4) is 0 Å². The van der Waals surface area contributed by atoms with Crippen molar-refractivity contribution >= 4 is 29.3 Å². The highest BCUT2D eigenvalue weighted by Gasteiger charge is 2.41. The van der Waals surface area contributed by atoms with E-state index in [1.165, 1.54) is 28.2 Å². The van der Waals surface area contributed by atoms with Gasteiger partial charge in [0.15, 0.2) is 5.78 Å². The third-order valence-electron chi connectivity index (χ3n) is 4.44. The van der Waals surface area contributed by atoms with Gasteiger partial charge >= 0.3 is 0 Å². The Kier molecular flexibility index (Phi) is 5.77. The number of hydrogen-bond donors (Lipinski definition) is 1. The fourth-order valence-electron chi connectivity index (χ4n) is 3.02. The summed E-state index contributed by atoms with van der Waals surface area (Å²) in [6.45, 7) is 4.36. The smallest absolute Gasteiger partial charge is 0.179 e. The number of benzene rings is 1. The van der Waals surface area contributed by atoms with Crippen molar-refractivity contribution in [3.8, 4) is 0 Å². The first-order chi connectivity index (χ1) is 11.7. The van der Waals surface area contributed by atoms with Gasteiger partial charge in [0.05, 0.1) is 9.77 Å². The molecule has 0 fully saturated rings. The summed E-state index contributed by atoms with van der Waals surface area (Å²) < 4.78 is -0.000513. The molecule has 0 aliphatic carbocycles. The van der Waals surface area contributed by atoms with E-state index in [0.29, 0.717) is 6.42 Å². The molecule has 1 aliphatic heterocycles. The molecule has 1 aliphatic rings. The van der Waals surface area contributed by atoms with Crippen molar-refractivity contribution in [2.24, 2.45) is 0 Å². The summed E-state index contributed by atoms with van der Waals surface area (Å²) in [5.74, 6) is 0.235. The monoisotopic (exact) mass is 359 g/mol. The molecule has 0 unspecified atom stereocenters. The summed E-state index contributed by atoms with van der Waals surface area (Å²) in [5, 5.41) is 0. The van der Waals surface area contributed by atoms with Crippen LogP contribution >= 0.6 is 23.5 Å². The van der Waals surface area contributed by atoms with Crippen LogP contribution in [0, 0.1) is 0 Å². The predicted octanol–water partition coefficient (Wildman–Crippen LogP) is 6.63. The van der Waals surface area contributed by atoms with Crippen molar-refractivity contribution in [2.75, 3.05) is 0 Å². The summed E-state index contributed by atoms with van der Waals surface area (Å²) in [7, 11) is 0. The van der Waals surface area contributed by atoms with Gasteiger partial charge in [0.25, 0.3) is 0 Å². The molecule has 0 atom stereocenters. The van der Waals surface area contributed by atoms with E-state index in [2.05, 4.69) is 55.4 Å². The highest BCUT2D eigenvalue weighted by atomic mass is 32.2. The second kappa shape index (κ2) is 7.83. The Labute approximate surface area is 153 Å². The minimum absolute atomic E-state index is 0.000513. The molecule has 2 nitrogen and oxygen atoms in total. The largest absolute Gasteiger partial charge is 0.358 e. The normalized spacial score (nSPS) is 15.4. The lowest BCUT2D eigenvalue weighted by molar-refractivity contribution is 0.0975. The summed E-state index contributed by atoms with van der Waals surface area (Å²) in [6, 6.07) is 10.7. The number of Topliss-reactive ketones (excluding diaryl/α,β-unsaturated/α-hetero) is 1. The molecule has 4 heteroatoms. The fourth-order valence-corrected chi connectivity index (χ4v) is 6.28. The van der Waals surface area contributed by atoms with E-state index in [4.69, 9.17) is 0 Å². The number of thioether (sulfide) groups is 2. The summed E-state index contributed by atoms with van der Waals surface area (Å²) in [6.07, 6.45) is 8.21. The SMILES string of the molecule is CCCCC(=O)c1cc(C2(CCCC)Sc3ccccc3S2)c[nH]1. The number of rotatable bonds is 8. The van der Waals surface area contributed by atoms with E-state index < -0.39 is 0 Å². The van der Waals surface area contributed by atoms with Gasteiger partial charge in [-0.3, -0.25) is 4.79 Å². The molecular weight excluding hydrogens is 334 g/mol. The number of H-pyrrole nitrogens is 1. The van der Waals surface area contributed by atoms with Crippen LogP contribution in [0.4, 0.5) is 0 Å². The number of aromatic nitrogens is 1. The topological polar surface area (TPSA) is 32.9 Å². The van der Waals surface area contributed by atoms with E-state index in [-0.39, 0.29) is 9.86 Å². The second-order valence-corrected chi connectivity index (χ2v) is 9.28. The summed E-state index contributed by atoms with van der Waals surface area (Å²) in [4.78, 5) is 18.3. The average molecular weight is 360 g/mol. The molecule has 24 heavy (non-hydrogen) atoms. The van der Waals surface area contributed by atoms with Crippen molar-refractivity contribution in [3.05, 3.63) is 47.8 Å². The van der Waals surface area contributed by atoms with Gasteiger partial charge in [0.1, 0.15) is 0 Å². The lowest BCUT2D eigenvalue weighted by Crippen LogP contribution is -2.13. The quantitative estimate of drug-likeness (QED) is 0.537. The Morgan fingerprint density at radius 2 is 1.75 bits per heavy atom. The molecule has 0 amide bonds. The van der Waals surface area contributed by atoms with Crippen LogP contribution < -0.4 is 0 Å². The lowest BCUT2D eigenvalue weighted by atomic mass is 10.1. The third kappa shape index (κ3) is 3.60. The Morgan fingerprint density at radius 1 is 1.08 bits per heavy atom. The van der Waals surface area contributed by atoms with Gasteiger partial charge in [0, 0.05) is 22.4 Å². The van der Waals surface area contributed by atoms with Crippen LogP contribution in [0.1, 0.15) is 68.4 Å². The minimum atomic E-state index is -0.000513. The van der Waals surface area contributed by atoms with Crippen molar-refractivity contribution in [1.82, 2.24) is 4.98 Å². The first-order valence-electron chi connectivity index (χ1n) is 8.87. The van der Waals surface area contributed by atoms with Gasteiger partial charge in [-0.1, -0.05) is 45.2 Å². The highest BCUT2D eigenvalue weighted by Crippen LogP contribution is 2.63. The molecule has 0 radical (unpaired) electrons. The molecule has 0 saturated heterocycles. The van der Waals surface area contributed by atoms with Crippen LogP contribution in [-0.2, 0) is 4.08 Å². The van der Waals surface area contributed by atoms with Crippen molar-refractivity contribution < 1.29 is 4.79 Å². The number of aromatic amines is 1. The van der Waals surface area contributed by atoms with Gasteiger partial charge in [-0.25, -0.2) is 0 Å². The third-order valence-corrected chi connectivity index (χ3v) is 7.76. The average Bonchev–Trinajstić information content (AvgIpc) is 3.23. The van der Waals surface area contributed by atoms with Crippen LogP contribution in [0.25, 0.3) is 0 Å². The van der Waals surface area contributed by atoms with Crippen LogP contribution in [0.15, 0.2) is 46.3 Å². The molecule has 0 saturated carbocycles. The van der Waals surface area contributed by atoms with Crippen LogP contribution in [0.5, 0.6) is 0 Å². The van der Waals surface area contributed by atoms with Gasteiger partial charge in [-0.15, -0.1) is 23.5 Å². The molecule has 2 aromatic rings. The number of fused-ring (bicyclic) bond motifs is 1. The molecule has 1 N–H and O–H groups in total. The van der Waals surface area contributed by atoms with Gasteiger partial charge in [0.2, 0.25) is 0 Å². The number of carbonyl (C=O) groups excluding carboxylic acids is 1. The standard InChI is InChI=1S/C20H25NOS2/c1-3-5-9-17(22)16-13-15(14-21-16)20(12-6-4-2)23-18-10-7-8-11-19(18)24-20/h7-8,10-11,13-14,21H,3-6,9,12H2,1-2H3. The highest BCUT2D eigenvalue weighted by molar-refractivity contribution is 8.20. The zero-order valence-electron chi connectivity index (χ0n) is 14.4. The minimum Gasteiger partial charge on any atom is -0.358 e. The molecule has 3 rings (SSSR count). The van der Waals surface area contributed by atoms with Crippen LogP contribution in [-0.4, -0.2) is 10.8 Å². The molecule has 128 valence electrons. The van der Waals surface area contributed by atoms with Crippen molar-refractivity contribution in [1.29, 1.82) is 0 Å². The number of hydrogen-bond acceptors (Lipinski definition) is 3. The van der Waals surface area contributed by atoms with Gasteiger partial charge in [-0.05, 0) is 36.6 Å². The molecule has 0 bridgehead atoms. The number of unbranched alkanes of at least 4 members (excludes halogenated alkanes) is 2. The van der Waals surface area contributed by atoms with E-state index in [1.54, 1.807) is 0 Å². The first kappa shape index (κ1) is 17.7. The van der Waals surface area contributed by atoms with Gasteiger partial charge < -0.3 is 4.98 Å². The Morgan fingerprint density at radius 3 is 2.38 bits per heavy atom. The Balaban J connectivity index is 1.86. The van der Waals surface area contributed by atoms with Gasteiger partial charge in [-0.2, -0.15) is 0 Å². The zero-order chi connectivity index (χ0) is 17.0. The van der Waals surface area contributed by atoms with E-state index in [9.17, 15) is 4.79 Å². The fraction of sp³-hybridized carbons (Fsp3) is 0.450. The van der Waals surface area contributed by atoms with E-state index in [1.807, 2.05) is 23.5 Å². The molecule has 1 aromatic heterocycles. The Bertz CT molecular complexity index is 682. The predicted molar refractivity (Wildman–Crippen MR) is 104 cm³/mol.